The molecule has 4 heteroatoms. The van der Waals surface area contributed by atoms with Crippen LogP contribution in [0.2, 0.25) is 0 Å². The Hall–Kier alpha value is -1.81. The number of para-hydroxylation sites is 1. The molecular weight excluding hydrogens is 252 g/mol. The van der Waals surface area contributed by atoms with Crippen LogP contribution in [0.15, 0.2) is 30.5 Å². The number of aromatic nitrogens is 1. The maximum absolute atomic E-state index is 6.19. The van der Waals surface area contributed by atoms with Crippen LogP contribution in [0.1, 0.15) is 25.7 Å². The van der Waals surface area contributed by atoms with Crippen molar-refractivity contribution < 1.29 is 9.47 Å². The minimum absolute atomic E-state index is 0.168. The third-order valence-electron chi connectivity index (χ3n) is 3.95. The quantitative estimate of drug-likeness (QED) is 0.932. The minimum atomic E-state index is 0.168. The van der Waals surface area contributed by atoms with E-state index in [1.54, 1.807) is 13.3 Å². The first-order valence-electron chi connectivity index (χ1n) is 7.10. The number of nitrogen functional groups attached to an aromatic ring is 1. The van der Waals surface area contributed by atoms with E-state index in [1.807, 2.05) is 24.3 Å². The van der Waals surface area contributed by atoms with E-state index in [0.717, 1.165) is 42.3 Å². The zero-order valence-electron chi connectivity index (χ0n) is 11.7. The van der Waals surface area contributed by atoms with Gasteiger partial charge in [-0.25, -0.2) is 0 Å². The molecule has 0 amide bonds. The Morgan fingerprint density at radius 1 is 1.20 bits per heavy atom. The predicted molar refractivity (Wildman–Crippen MR) is 79.8 cm³/mol. The molecule has 2 unspecified atom stereocenters. The van der Waals surface area contributed by atoms with Crippen molar-refractivity contribution >= 4 is 16.6 Å². The van der Waals surface area contributed by atoms with Crippen LogP contribution < -0.4 is 10.5 Å². The molecule has 0 radical (unpaired) electrons. The van der Waals surface area contributed by atoms with Gasteiger partial charge in [0.2, 0.25) is 0 Å². The van der Waals surface area contributed by atoms with Crippen molar-refractivity contribution in [1.29, 1.82) is 0 Å². The topological polar surface area (TPSA) is 57.4 Å². The molecule has 0 aliphatic heterocycles. The van der Waals surface area contributed by atoms with E-state index in [9.17, 15) is 0 Å². The van der Waals surface area contributed by atoms with Crippen LogP contribution in [0.3, 0.4) is 0 Å². The summed E-state index contributed by atoms with van der Waals surface area (Å²) in [5.41, 5.74) is 7.57. The second-order valence-corrected chi connectivity index (χ2v) is 5.32. The maximum atomic E-state index is 6.19. The van der Waals surface area contributed by atoms with Gasteiger partial charge in [-0.1, -0.05) is 12.1 Å². The van der Waals surface area contributed by atoms with Gasteiger partial charge >= 0.3 is 0 Å². The first kappa shape index (κ1) is 13.2. The monoisotopic (exact) mass is 272 g/mol. The average molecular weight is 272 g/mol. The molecule has 0 bridgehead atoms. The van der Waals surface area contributed by atoms with Crippen LogP contribution in [0, 0.1) is 0 Å². The second-order valence-electron chi connectivity index (χ2n) is 5.32. The van der Waals surface area contributed by atoms with Gasteiger partial charge in [0, 0.05) is 18.9 Å². The van der Waals surface area contributed by atoms with Crippen molar-refractivity contribution in [2.75, 3.05) is 12.8 Å². The Labute approximate surface area is 118 Å². The summed E-state index contributed by atoms with van der Waals surface area (Å²) >= 11 is 0. The standard InChI is InChI=1S/C16H20N2O2/c1-19-11-5-4-6-12(9-11)20-16-13-7-2-3-8-15(13)18-10-14(16)17/h2-3,7-8,10-12H,4-6,9,17H2,1H3. The van der Waals surface area contributed by atoms with Gasteiger partial charge in [-0.05, 0) is 31.4 Å². The van der Waals surface area contributed by atoms with Crippen molar-refractivity contribution in [1.82, 2.24) is 4.98 Å². The van der Waals surface area contributed by atoms with Crippen molar-refractivity contribution in [3.63, 3.8) is 0 Å². The number of nitrogens with zero attached hydrogens (tertiary/aromatic N) is 1. The highest BCUT2D eigenvalue weighted by atomic mass is 16.5. The number of methoxy groups -OCH3 is 1. The fourth-order valence-electron chi connectivity index (χ4n) is 2.85. The van der Waals surface area contributed by atoms with Crippen LogP contribution in [0.25, 0.3) is 10.9 Å². The van der Waals surface area contributed by atoms with E-state index in [2.05, 4.69) is 4.98 Å². The van der Waals surface area contributed by atoms with Gasteiger partial charge < -0.3 is 15.2 Å². The summed E-state index contributed by atoms with van der Waals surface area (Å²) in [6, 6.07) is 7.93. The van der Waals surface area contributed by atoms with E-state index < -0.39 is 0 Å². The Morgan fingerprint density at radius 2 is 2.00 bits per heavy atom. The lowest BCUT2D eigenvalue weighted by Crippen LogP contribution is -2.29. The number of rotatable bonds is 3. The molecule has 1 saturated carbocycles. The summed E-state index contributed by atoms with van der Waals surface area (Å²) in [5.74, 6) is 0.761. The Balaban J connectivity index is 1.88. The lowest BCUT2D eigenvalue weighted by atomic mass is 9.95. The van der Waals surface area contributed by atoms with Gasteiger partial charge in [0.25, 0.3) is 0 Å². The SMILES string of the molecule is COC1CCCC(Oc2c(N)cnc3ccccc23)C1. The minimum Gasteiger partial charge on any atom is -0.487 e. The largest absolute Gasteiger partial charge is 0.487 e. The lowest BCUT2D eigenvalue weighted by molar-refractivity contribution is 0.0216. The molecule has 2 atom stereocenters. The number of benzene rings is 1. The van der Waals surface area contributed by atoms with Crippen LogP contribution in [0.5, 0.6) is 5.75 Å². The zero-order valence-corrected chi connectivity index (χ0v) is 11.7. The Bertz CT molecular complexity index is 600. The van der Waals surface area contributed by atoms with Crippen LogP contribution in [0.4, 0.5) is 5.69 Å². The Kier molecular flexibility index (Phi) is 3.74. The molecule has 1 heterocycles. The first-order valence-corrected chi connectivity index (χ1v) is 7.10. The molecule has 1 fully saturated rings. The van der Waals surface area contributed by atoms with Crippen molar-refractivity contribution in [2.24, 2.45) is 0 Å². The predicted octanol–water partition coefficient (Wildman–Crippen LogP) is 3.15. The van der Waals surface area contributed by atoms with Crippen LogP contribution in [-0.4, -0.2) is 24.3 Å². The Morgan fingerprint density at radius 3 is 2.85 bits per heavy atom. The number of ether oxygens (including phenoxy) is 2. The molecule has 1 aliphatic rings. The van der Waals surface area contributed by atoms with E-state index in [-0.39, 0.29) is 6.10 Å². The van der Waals surface area contributed by atoms with Gasteiger partial charge in [0.1, 0.15) is 6.10 Å². The fourth-order valence-corrected chi connectivity index (χ4v) is 2.85. The molecule has 1 aromatic carbocycles. The number of nitrogens with two attached hydrogens (primary N) is 1. The third kappa shape index (κ3) is 2.56. The average Bonchev–Trinajstić information content (AvgIpc) is 2.50. The van der Waals surface area contributed by atoms with Crippen molar-refractivity contribution in [3.8, 4) is 5.75 Å². The molecule has 0 spiro atoms. The maximum Gasteiger partial charge on any atom is 0.153 e. The number of hydrogen-bond acceptors (Lipinski definition) is 4. The highest BCUT2D eigenvalue weighted by molar-refractivity contribution is 5.89. The van der Waals surface area contributed by atoms with Gasteiger partial charge in [0.05, 0.1) is 23.5 Å². The molecule has 4 nitrogen and oxygen atoms in total. The highest BCUT2D eigenvalue weighted by Crippen LogP contribution is 2.33. The molecule has 3 rings (SSSR count). The van der Waals surface area contributed by atoms with E-state index in [4.69, 9.17) is 15.2 Å². The summed E-state index contributed by atoms with van der Waals surface area (Å²) in [7, 11) is 1.77. The molecule has 1 aliphatic carbocycles. The van der Waals surface area contributed by atoms with Crippen LogP contribution >= 0.6 is 0 Å². The number of pyridine rings is 1. The van der Waals surface area contributed by atoms with E-state index in [0.29, 0.717) is 11.8 Å². The lowest BCUT2D eigenvalue weighted by Gasteiger charge is -2.29. The zero-order chi connectivity index (χ0) is 13.9. The number of hydrogen-bond donors (Lipinski definition) is 1. The molecule has 1 aromatic heterocycles. The summed E-state index contributed by atoms with van der Waals surface area (Å²) < 4.78 is 11.6. The molecular formula is C16H20N2O2. The number of fused-ring (bicyclic) bond motifs is 1. The van der Waals surface area contributed by atoms with E-state index >= 15 is 0 Å². The van der Waals surface area contributed by atoms with Gasteiger partial charge in [-0.3, -0.25) is 4.98 Å². The summed E-state index contributed by atoms with van der Waals surface area (Å²) in [5, 5.41) is 0.979. The normalized spacial score (nSPS) is 22.9. The smallest absolute Gasteiger partial charge is 0.153 e. The summed E-state index contributed by atoms with van der Waals surface area (Å²) in [4.78, 5) is 4.34. The molecule has 106 valence electrons. The first-order chi connectivity index (χ1) is 9.78. The van der Waals surface area contributed by atoms with Crippen molar-refractivity contribution in [3.05, 3.63) is 30.5 Å². The van der Waals surface area contributed by atoms with Gasteiger partial charge in [-0.15, -0.1) is 0 Å². The summed E-state index contributed by atoms with van der Waals surface area (Å²) in [6.45, 7) is 0. The van der Waals surface area contributed by atoms with Crippen LogP contribution in [-0.2, 0) is 4.74 Å². The van der Waals surface area contributed by atoms with Gasteiger partial charge in [0.15, 0.2) is 5.75 Å². The molecule has 20 heavy (non-hydrogen) atoms. The molecule has 0 saturated heterocycles. The number of anilines is 1. The van der Waals surface area contributed by atoms with Crippen molar-refractivity contribution in [2.45, 2.75) is 37.9 Å². The fraction of sp³-hybridized carbons (Fsp3) is 0.438. The second kappa shape index (κ2) is 5.67. The highest BCUT2D eigenvalue weighted by Gasteiger charge is 2.24. The van der Waals surface area contributed by atoms with Gasteiger partial charge in [-0.2, -0.15) is 0 Å². The van der Waals surface area contributed by atoms with E-state index in [1.165, 1.54) is 0 Å². The molecule has 2 N–H and O–H groups in total. The summed E-state index contributed by atoms with van der Waals surface area (Å²) in [6.07, 6.45) is 6.36. The molecule has 2 aromatic rings. The third-order valence-corrected chi connectivity index (χ3v) is 3.95.